The van der Waals surface area contributed by atoms with E-state index in [2.05, 4.69) is 33.9 Å². The van der Waals surface area contributed by atoms with E-state index in [0.717, 1.165) is 5.56 Å². The molecule has 2 rings (SSSR count). The van der Waals surface area contributed by atoms with Crippen molar-refractivity contribution >= 4 is 9.76 Å². The van der Waals surface area contributed by atoms with Crippen molar-refractivity contribution < 1.29 is 18.7 Å². The van der Waals surface area contributed by atoms with Crippen LogP contribution in [0.2, 0.25) is 5.04 Å². The number of halogens is 1. The topological polar surface area (TPSA) is 38.7 Å². The molecule has 0 amide bonds. The number of hydrogen-bond donors (Lipinski definition) is 1. The lowest BCUT2D eigenvalue weighted by atomic mass is 9.80. The predicted octanol–water partition coefficient (Wildman–Crippen LogP) is 6.93. The minimum absolute atomic E-state index is 0.0379. The highest BCUT2D eigenvalue weighted by atomic mass is 28.2. The molecule has 0 spiro atoms. The van der Waals surface area contributed by atoms with Crippen LogP contribution < -0.4 is 4.74 Å². The highest BCUT2D eigenvalue weighted by molar-refractivity contribution is 6.31. The molecule has 0 saturated carbocycles. The lowest BCUT2D eigenvalue weighted by Gasteiger charge is -2.33. The molecule has 2 aromatic carbocycles. The van der Waals surface area contributed by atoms with Gasteiger partial charge in [-0.25, -0.2) is 4.39 Å². The Kier molecular flexibility index (Phi) is 8.26. The van der Waals surface area contributed by atoms with Gasteiger partial charge in [0, 0.05) is 5.56 Å². The molecule has 0 aliphatic carbocycles. The summed E-state index contributed by atoms with van der Waals surface area (Å²) in [6.45, 7) is 18.1. The van der Waals surface area contributed by atoms with Crippen molar-refractivity contribution in [3.63, 3.8) is 0 Å². The smallest absolute Gasteiger partial charge is 0.236 e. The van der Waals surface area contributed by atoms with Crippen LogP contribution in [0.3, 0.4) is 0 Å². The molecule has 5 heteroatoms. The number of hydrogen-bond acceptors (Lipinski definition) is 3. The first-order valence-electron chi connectivity index (χ1n) is 10.7. The molecule has 1 N–H and O–H groups in total. The monoisotopic (exact) mass is 454 g/mol. The van der Waals surface area contributed by atoms with Crippen molar-refractivity contribution in [1.29, 1.82) is 0 Å². The summed E-state index contributed by atoms with van der Waals surface area (Å²) in [5, 5.41) is 11.7. The van der Waals surface area contributed by atoms with Gasteiger partial charge in [-0.3, -0.25) is 0 Å². The molecule has 2 radical (unpaired) electrons. The van der Waals surface area contributed by atoms with Crippen LogP contribution in [0.4, 0.5) is 4.39 Å². The molecular weight excluding hydrogens is 419 g/mol. The maximum atomic E-state index is 14.9. The first kappa shape index (κ1) is 26.0. The van der Waals surface area contributed by atoms with Gasteiger partial charge in [0.2, 0.25) is 9.76 Å². The minimum Gasteiger partial charge on any atom is -0.497 e. The second kappa shape index (κ2) is 10.2. The number of ether oxygens (including phenoxy) is 1. The maximum absolute atomic E-state index is 14.9. The Morgan fingerprint density at radius 2 is 1.59 bits per heavy atom. The first-order chi connectivity index (χ1) is 14.9. The fourth-order valence-electron chi connectivity index (χ4n) is 3.50. The summed E-state index contributed by atoms with van der Waals surface area (Å²) in [6.07, 6.45) is 3.94. The molecule has 0 unspecified atom stereocenters. The van der Waals surface area contributed by atoms with E-state index < -0.39 is 11.2 Å². The molecule has 0 aliphatic rings. The van der Waals surface area contributed by atoms with E-state index in [9.17, 15) is 9.50 Å². The van der Waals surface area contributed by atoms with E-state index >= 15 is 0 Å². The average molecular weight is 455 g/mol. The summed E-state index contributed by atoms with van der Waals surface area (Å²) >= 11 is 0. The minimum atomic E-state index is -1.28. The normalized spacial score (nSPS) is 12.5. The zero-order valence-electron chi connectivity index (χ0n) is 20.1. The third-order valence-electron chi connectivity index (χ3n) is 5.26. The molecule has 0 heterocycles. The van der Waals surface area contributed by atoms with Crippen molar-refractivity contribution in [2.75, 3.05) is 7.11 Å². The van der Waals surface area contributed by atoms with Gasteiger partial charge in [0.15, 0.2) is 0 Å². The summed E-state index contributed by atoms with van der Waals surface area (Å²) in [4.78, 5) is 0. The molecule has 0 atom stereocenters. The van der Waals surface area contributed by atoms with Crippen molar-refractivity contribution in [3.8, 4) is 16.9 Å². The Morgan fingerprint density at radius 1 is 0.969 bits per heavy atom. The second-order valence-corrected chi connectivity index (χ2v) is 11.5. The second-order valence-electron chi connectivity index (χ2n) is 9.59. The summed E-state index contributed by atoms with van der Waals surface area (Å²) in [7, 11) is 1.84. The lowest BCUT2D eigenvalue weighted by molar-refractivity contribution is 0.0429. The summed E-state index contributed by atoms with van der Waals surface area (Å²) in [5.74, 6) is 0.159. The highest BCUT2D eigenvalue weighted by Crippen LogP contribution is 2.41. The van der Waals surface area contributed by atoms with Crippen LogP contribution in [0.25, 0.3) is 11.1 Å². The third kappa shape index (κ3) is 6.18. The van der Waals surface area contributed by atoms with Gasteiger partial charge in [-0.15, -0.1) is 13.2 Å². The van der Waals surface area contributed by atoms with Crippen LogP contribution in [0, 0.1) is 5.82 Å². The van der Waals surface area contributed by atoms with Crippen LogP contribution in [-0.4, -0.2) is 22.0 Å². The van der Waals surface area contributed by atoms with Gasteiger partial charge in [0.05, 0.1) is 18.3 Å². The average Bonchev–Trinajstić information content (AvgIpc) is 2.72. The largest absolute Gasteiger partial charge is 0.497 e. The Labute approximate surface area is 194 Å². The van der Waals surface area contributed by atoms with Gasteiger partial charge < -0.3 is 14.3 Å². The standard InChI is InChI=1S/C27H35FO3Si/c1-9-15-27(29,16-10-2)23-17-19(26(6,7)31-32-25(3,4)5)11-13-21(23)22-18-20(30-8)12-14-24(22)28/h9-14,17-18,29H,1-2,15-16H2,3-8H3. The van der Waals surface area contributed by atoms with Gasteiger partial charge in [-0.2, -0.15) is 0 Å². The van der Waals surface area contributed by atoms with Gasteiger partial charge in [0.1, 0.15) is 11.6 Å². The predicted molar refractivity (Wildman–Crippen MR) is 131 cm³/mol. The highest BCUT2D eigenvalue weighted by Gasteiger charge is 2.33. The van der Waals surface area contributed by atoms with Crippen LogP contribution >= 0.6 is 0 Å². The zero-order valence-corrected chi connectivity index (χ0v) is 21.1. The summed E-state index contributed by atoms with van der Waals surface area (Å²) in [6, 6.07) is 10.3. The Hall–Kier alpha value is -2.21. The number of aliphatic hydroxyl groups is 1. The SMILES string of the molecule is C=CCC(O)(CC=C)c1cc(C(C)(C)O[Si]C(C)(C)C)ccc1-c1cc(OC)ccc1F. The fraction of sp³-hybridized carbons (Fsp3) is 0.407. The molecule has 2 aromatic rings. The molecule has 3 nitrogen and oxygen atoms in total. The van der Waals surface area contributed by atoms with E-state index in [1.807, 2.05) is 32.0 Å². The van der Waals surface area contributed by atoms with Crippen LogP contribution in [0.1, 0.15) is 58.6 Å². The van der Waals surface area contributed by atoms with Gasteiger partial charge in [-0.1, -0.05) is 45.1 Å². The summed E-state index contributed by atoms with van der Waals surface area (Å²) < 4.78 is 26.5. The van der Waals surface area contributed by atoms with Crippen LogP contribution in [-0.2, 0) is 15.6 Å². The number of rotatable bonds is 10. The van der Waals surface area contributed by atoms with Crippen molar-refractivity contribution in [2.24, 2.45) is 0 Å². The van der Waals surface area contributed by atoms with E-state index in [-0.39, 0.29) is 10.9 Å². The fourth-order valence-corrected chi connectivity index (χ4v) is 4.18. The molecule has 0 saturated heterocycles. The first-order valence-corrected chi connectivity index (χ1v) is 11.7. The lowest BCUT2D eigenvalue weighted by Crippen LogP contribution is -2.30. The molecule has 0 fully saturated rings. The van der Waals surface area contributed by atoms with Crippen molar-refractivity contribution in [1.82, 2.24) is 0 Å². The van der Waals surface area contributed by atoms with E-state index in [1.165, 1.54) is 6.07 Å². The Bertz CT molecular complexity index is 950. The zero-order chi connectivity index (χ0) is 24.2. The van der Waals surface area contributed by atoms with E-state index in [0.29, 0.717) is 45.0 Å². The number of benzene rings is 2. The van der Waals surface area contributed by atoms with Crippen molar-refractivity contribution in [3.05, 3.63) is 78.7 Å². The van der Waals surface area contributed by atoms with Crippen LogP contribution in [0.15, 0.2) is 61.7 Å². The summed E-state index contributed by atoms with van der Waals surface area (Å²) in [5.41, 5.74) is 0.612. The molecule has 0 bridgehead atoms. The number of methoxy groups -OCH3 is 1. The van der Waals surface area contributed by atoms with Gasteiger partial charge >= 0.3 is 0 Å². The van der Waals surface area contributed by atoms with Gasteiger partial charge in [0.25, 0.3) is 0 Å². The molecule has 172 valence electrons. The van der Waals surface area contributed by atoms with Crippen LogP contribution in [0.5, 0.6) is 5.75 Å². The molecular formula is C27H35FO3Si. The maximum Gasteiger partial charge on any atom is 0.236 e. The van der Waals surface area contributed by atoms with E-state index in [1.54, 1.807) is 31.4 Å². The van der Waals surface area contributed by atoms with E-state index in [4.69, 9.17) is 9.16 Å². The quantitative estimate of drug-likeness (QED) is 0.312. The Balaban J connectivity index is 2.73. The third-order valence-corrected chi connectivity index (χ3v) is 6.48. The van der Waals surface area contributed by atoms with Gasteiger partial charge in [-0.05, 0) is 72.7 Å². The molecule has 32 heavy (non-hydrogen) atoms. The molecule has 0 aliphatic heterocycles. The molecule has 0 aromatic heterocycles. The Morgan fingerprint density at radius 3 is 2.12 bits per heavy atom. The van der Waals surface area contributed by atoms with Crippen molar-refractivity contribution in [2.45, 2.75) is 63.7 Å².